The number of hydrogen-bond acceptors (Lipinski definition) is 1. The van der Waals surface area contributed by atoms with Crippen LogP contribution in [0, 0.1) is 12.8 Å². The molecule has 1 N–H and O–H groups in total. The summed E-state index contributed by atoms with van der Waals surface area (Å²) in [6, 6.07) is 8.75. The molecule has 1 nitrogen and oxygen atoms in total. The molecule has 0 aliphatic heterocycles. The Labute approximate surface area is 114 Å². The number of aryl methyl sites for hydroxylation is 1. The first-order valence-corrected chi connectivity index (χ1v) is 7.11. The minimum absolute atomic E-state index is 0.0453. The maximum absolute atomic E-state index is 13.2. The van der Waals surface area contributed by atoms with E-state index in [1.54, 1.807) is 0 Å². The highest BCUT2D eigenvalue weighted by Gasteiger charge is 2.37. The van der Waals surface area contributed by atoms with Gasteiger partial charge in [0.2, 0.25) is 5.92 Å². The fraction of sp³-hybridized carbons (Fsp3) is 0.625. The SMILES string of the molecule is CNC(Cc1cccc(C)c1)C1CCC(F)(F)CC1. The molecule has 0 aromatic heterocycles. The molecule has 19 heavy (non-hydrogen) atoms. The lowest BCUT2D eigenvalue weighted by Gasteiger charge is -2.33. The minimum Gasteiger partial charge on any atom is -0.316 e. The molecular formula is C16H23F2N. The predicted octanol–water partition coefficient (Wildman–Crippen LogP) is 3.95. The van der Waals surface area contributed by atoms with Crippen LogP contribution in [0.1, 0.15) is 36.8 Å². The van der Waals surface area contributed by atoms with Crippen LogP contribution in [0.25, 0.3) is 0 Å². The molecule has 2 rings (SSSR count). The Kier molecular flexibility index (Phi) is 4.56. The van der Waals surface area contributed by atoms with Crippen molar-refractivity contribution >= 4 is 0 Å². The number of nitrogens with one attached hydrogen (secondary N) is 1. The fourth-order valence-electron chi connectivity index (χ4n) is 3.06. The van der Waals surface area contributed by atoms with Gasteiger partial charge in [0.15, 0.2) is 0 Å². The minimum atomic E-state index is -2.43. The number of likely N-dealkylation sites (N-methyl/N-ethyl adjacent to an activating group) is 1. The predicted molar refractivity (Wildman–Crippen MR) is 74.6 cm³/mol. The Morgan fingerprint density at radius 2 is 2.00 bits per heavy atom. The van der Waals surface area contributed by atoms with Crippen LogP contribution in [0.15, 0.2) is 24.3 Å². The lowest BCUT2D eigenvalue weighted by molar-refractivity contribution is -0.0492. The van der Waals surface area contributed by atoms with Gasteiger partial charge in [0.05, 0.1) is 0 Å². The van der Waals surface area contributed by atoms with Gasteiger partial charge >= 0.3 is 0 Å². The van der Waals surface area contributed by atoms with Crippen molar-refractivity contribution in [2.45, 2.75) is 51.0 Å². The van der Waals surface area contributed by atoms with Crippen molar-refractivity contribution < 1.29 is 8.78 Å². The first-order valence-electron chi connectivity index (χ1n) is 7.11. The van der Waals surface area contributed by atoms with Crippen molar-refractivity contribution in [2.75, 3.05) is 7.05 Å². The van der Waals surface area contributed by atoms with E-state index in [1.807, 2.05) is 7.05 Å². The molecule has 1 atom stereocenters. The van der Waals surface area contributed by atoms with Gasteiger partial charge in [0.1, 0.15) is 0 Å². The standard InChI is InChI=1S/C16H23F2N/c1-12-4-3-5-13(10-12)11-15(19-2)14-6-8-16(17,18)9-7-14/h3-5,10,14-15,19H,6-9,11H2,1-2H3. The lowest BCUT2D eigenvalue weighted by Crippen LogP contribution is -2.39. The third kappa shape index (κ3) is 4.00. The zero-order valence-corrected chi connectivity index (χ0v) is 11.8. The van der Waals surface area contributed by atoms with Gasteiger partial charge in [-0.1, -0.05) is 29.8 Å². The number of alkyl halides is 2. The van der Waals surface area contributed by atoms with Gasteiger partial charge < -0.3 is 5.32 Å². The lowest BCUT2D eigenvalue weighted by atomic mass is 9.80. The maximum atomic E-state index is 13.2. The van der Waals surface area contributed by atoms with Crippen LogP contribution in [0.5, 0.6) is 0 Å². The van der Waals surface area contributed by atoms with Crippen LogP contribution in [-0.2, 0) is 6.42 Å². The molecule has 1 aromatic rings. The van der Waals surface area contributed by atoms with Gasteiger partial charge in [-0.2, -0.15) is 0 Å². The average Bonchev–Trinajstić information content (AvgIpc) is 2.36. The molecule has 0 radical (unpaired) electrons. The van der Waals surface area contributed by atoms with Crippen molar-refractivity contribution in [1.82, 2.24) is 5.32 Å². The van der Waals surface area contributed by atoms with E-state index in [0.29, 0.717) is 24.8 Å². The van der Waals surface area contributed by atoms with Crippen molar-refractivity contribution in [3.63, 3.8) is 0 Å². The Bertz CT molecular complexity index is 407. The summed E-state index contributed by atoms with van der Waals surface area (Å²) in [7, 11) is 1.94. The highest BCUT2D eigenvalue weighted by atomic mass is 19.3. The summed E-state index contributed by atoms with van der Waals surface area (Å²) in [5.74, 6) is -2.07. The molecule has 0 saturated heterocycles. The zero-order valence-electron chi connectivity index (χ0n) is 11.8. The van der Waals surface area contributed by atoms with Crippen molar-refractivity contribution in [2.24, 2.45) is 5.92 Å². The van der Waals surface area contributed by atoms with Gasteiger partial charge in [0, 0.05) is 18.9 Å². The first-order chi connectivity index (χ1) is 9.00. The Morgan fingerprint density at radius 3 is 2.58 bits per heavy atom. The third-order valence-corrected chi connectivity index (χ3v) is 4.24. The van der Waals surface area contributed by atoms with E-state index < -0.39 is 5.92 Å². The Morgan fingerprint density at radius 1 is 1.32 bits per heavy atom. The molecule has 0 amide bonds. The van der Waals surface area contributed by atoms with E-state index in [2.05, 4.69) is 36.5 Å². The summed E-state index contributed by atoms with van der Waals surface area (Å²) >= 11 is 0. The molecule has 1 aliphatic carbocycles. The number of halogens is 2. The summed E-state index contributed by atoms with van der Waals surface area (Å²) in [5.41, 5.74) is 2.54. The summed E-state index contributed by atoms with van der Waals surface area (Å²) < 4.78 is 26.4. The van der Waals surface area contributed by atoms with Crippen LogP contribution in [-0.4, -0.2) is 19.0 Å². The van der Waals surface area contributed by atoms with E-state index in [1.165, 1.54) is 11.1 Å². The van der Waals surface area contributed by atoms with Gasteiger partial charge in [0.25, 0.3) is 0 Å². The van der Waals surface area contributed by atoms with Crippen LogP contribution in [0.2, 0.25) is 0 Å². The second kappa shape index (κ2) is 6.00. The average molecular weight is 267 g/mol. The molecule has 1 aromatic carbocycles. The molecule has 1 unspecified atom stereocenters. The monoisotopic (exact) mass is 267 g/mol. The molecule has 0 bridgehead atoms. The molecule has 1 fully saturated rings. The second-order valence-electron chi connectivity index (χ2n) is 5.78. The van der Waals surface area contributed by atoms with Gasteiger partial charge in [-0.25, -0.2) is 8.78 Å². The van der Waals surface area contributed by atoms with Crippen LogP contribution < -0.4 is 5.32 Å². The number of rotatable bonds is 4. The molecular weight excluding hydrogens is 244 g/mol. The van der Waals surface area contributed by atoms with Crippen LogP contribution >= 0.6 is 0 Å². The summed E-state index contributed by atoms with van der Waals surface area (Å²) in [6.07, 6.45) is 2.27. The highest BCUT2D eigenvalue weighted by molar-refractivity contribution is 5.23. The van der Waals surface area contributed by atoms with Crippen molar-refractivity contribution in [3.05, 3.63) is 35.4 Å². The van der Waals surface area contributed by atoms with Gasteiger partial charge in [-0.15, -0.1) is 0 Å². The third-order valence-electron chi connectivity index (χ3n) is 4.24. The maximum Gasteiger partial charge on any atom is 0.248 e. The van der Waals surface area contributed by atoms with E-state index >= 15 is 0 Å². The van der Waals surface area contributed by atoms with Gasteiger partial charge in [-0.3, -0.25) is 0 Å². The van der Waals surface area contributed by atoms with Crippen LogP contribution in [0.4, 0.5) is 8.78 Å². The molecule has 1 saturated carbocycles. The topological polar surface area (TPSA) is 12.0 Å². The normalized spacial score (nSPS) is 21.3. The zero-order chi connectivity index (χ0) is 13.9. The molecule has 0 heterocycles. The second-order valence-corrected chi connectivity index (χ2v) is 5.78. The smallest absolute Gasteiger partial charge is 0.248 e. The van der Waals surface area contributed by atoms with E-state index in [-0.39, 0.29) is 12.8 Å². The van der Waals surface area contributed by atoms with Crippen molar-refractivity contribution in [3.8, 4) is 0 Å². The summed E-state index contributed by atoms with van der Waals surface area (Å²) in [4.78, 5) is 0. The summed E-state index contributed by atoms with van der Waals surface area (Å²) in [5, 5.41) is 3.32. The van der Waals surface area contributed by atoms with Crippen LogP contribution in [0.3, 0.4) is 0 Å². The fourth-order valence-corrected chi connectivity index (χ4v) is 3.06. The van der Waals surface area contributed by atoms with Crippen molar-refractivity contribution in [1.29, 1.82) is 0 Å². The van der Waals surface area contributed by atoms with E-state index in [0.717, 1.165) is 6.42 Å². The molecule has 106 valence electrons. The highest BCUT2D eigenvalue weighted by Crippen LogP contribution is 2.37. The van der Waals surface area contributed by atoms with Gasteiger partial charge in [-0.05, 0) is 44.7 Å². The summed E-state index contributed by atoms with van der Waals surface area (Å²) in [6.45, 7) is 2.08. The first kappa shape index (κ1) is 14.4. The number of benzene rings is 1. The molecule has 3 heteroatoms. The Balaban J connectivity index is 1.97. The molecule has 1 aliphatic rings. The van der Waals surface area contributed by atoms with E-state index in [9.17, 15) is 8.78 Å². The molecule has 0 spiro atoms. The Hall–Kier alpha value is -0.960. The number of hydrogen-bond donors (Lipinski definition) is 1. The largest absolute Gasteiger partial charge is 0.316 e. The van der Waals surface area contributed by atoms with E-state index in [4.69, 9.17) is 0 Å². The quantitative estimate of drug-likeness (QED) is 0.871.